The second kappa shape index (κ2) is 15.9. The largest absolute Gasteiger partial charge is 0.510 e. The van der Waals surface area contributed by atoms with Gasteiger partial charge in [-0.15, -0.1) is 5.10 Å². The first kappa shape index (κ1) is 35.2. The summed E-state index contributed by atoms with van der Waals surface area (Å²) < 4.78 is 46.6. The minimum atomic E-state index is -2.04. The zero-order chi connectivity index (χ0) is 35.8. The maximum atomic E-state index is 15.3. The van der Waals surface area contributed by atoms with Crippen LogP contribution in [0, 0.1) is 11.6 Å². The lowest BCUT2D eigenvalue weighted by Crippen LogP contribution is -2.55. The Morgan fingerprint density at radius 1 is 1.00 bits per heavy atom. The van der Waals surface area contributed by atoms with Crippen LogP contribution in [0.1, 0.15) is 24.5 Å². The molecule has 17 heteroatoms. The number of hydrogen-bond donors (Lipinski definition) is 1. The first-order valence-electron chi connectivity index (χ1n) is 16.2. The van der Waals surface area contributed by atoms with Gasteiger partial charge in [-0.2, -0.15) is 5.10 Å². The van der Waals surface area contributed by atoms with Gasteiger partial charge in [-0.25, -0.2) is 23.1 Å². The van der Waals surface area contributed by atoms with Crippen LogP contribution in [-0.2, 0) is 26.4 Å². The van der Waals surface area contributed by atoms with Crippen LogP contribution < -0.4 is 4.90 Å². The van der Waals surface area contributed by atoms with Gasteiger partial charge in [-0.1, -0.05) is 36.4 Å². The quantitative estimate of drug-likeness (QED) is 0.143. The zero-order valence-electron chi connectivity index (χ0n) is 27.8. The molecular weight excluding hydrogens is 668 g/mol. The monoisotopic (exact) mass is 705 g/mol. The predicted molar refractivity (Wildman–Crippen MR) is 178 cm³/mol. The topological polar surface area (TPSA) is 151 Å². The number of hydrazone groups is 1. The van der Waals surface area contributed by atoms with Crippen molar-refractivity contribution in [1.29, 1.82) is 0 Å². The van der Waals surface area contributed by atoms with Crippen LogP contribution in [0.3, 0.4) is 0 Å². The van der Waals surface area contributed by atoms with Gasteiger partial charge in [-0.05, 0) is 53.2 Å². The molecule has 0 radical (unpaired) electrons. The standard InChI is InChI=1S/C34H37F2N9O6/c1-25(43-14-15-44(32(43)46)28-9-11-29(12-10-28)45-21-37-39-40-45)34(48,30-13-8-27(35)18-31(30)36)20-42-23-41(22-38-42)24-51-33(47)50-17-5-16-49-19-26-6-3-2-4-7-26/h2-4,6-13,18,21-22,25,48H,5,14-17,19-20,23-24H2,1H3/t25-,34-/m1/s1. The number of aliphatic hydroxyl groups is 1. The van der Waals surface area contributed by atoms with Gasteiger partial charge in [0.1, 0.15) is 36.6 Å². The summed E-state index contributed by atoms with van der Waals surface area (Å²) in [6.45, 7) is 2.70. The van der Waals surface area contributed by atoms with Gasteiger partial charge in [0.15, 0.2) is 6.73 Å². The second-order valence-corrected chi connectivity index (χ2v) is 12.0. The molecule has 0 unspecified atom stereocenters. The molecule has 2 aliphatic rings. The third-order valence-corrected chi connectivity index (χ3v) is 8.63. The molecule has 2 aliphatic heterocycles. The van der Waals surface area contributed by atoms with E-state index in [9.17, 15) is 19.1 Å². The minimum absolute atomic E-state index is 0.0617. The van der Waals surface area contributed by atoms with Crippen LogP contribution in [0.4, 0.5) is 24.1 Å². The zero-order valence-corrected chi connectivity index (χ0v) is 27.8. The average Bonchev–Trinajstić information content (AvgIpc) is 3.91. The maximum absolute atomic E-state index is 15.3. The molecule has 6 rings (SSSR count). The SMILES string of the molecule is C[C@@H](N1CCN(c2ccc(-n3cnnn3)cc2)C1=O)[C@](O)(CN1CN(COC(=O)OCCCOCc2ccccc2)C=N1)c1ccc(F)cc1F. The Kier molecular flexibility index (Phi) is 11.0. The summed E-state index contributed by atoms with van der Waals surface area (Å²) in [6, 6.07) is 18.3. The molecule has 3 heterocycles. The fourth-order valence-corrected chi connectivity index (χ4v) is 5.89. The van der Waals surface area contributed by atoms with Crippen molar-refractivity contribution in [2.45, 2.75) is 31.6 Å². The average molecular weight is 706 g/mol. The van der Waals surface area contributed by atoms with E-state index in [1.54, 1.807) is 36.1 Å². The Labute approximate surface area is 292 Å². The molecule has 15 nitrogen and oxygen atoms in total. The highest BCUT2D eigenvalue weighted by molar-refractivity contribution is 5.94. The Morgan fingerprint density at radius 3 is 2.53 bits per heavy atom. The van der Waals surface area contributed by atoms with E-state index in [2.05, 4.69) is 20.6 Å². The van der Waals surface area contributed by atoms with Crippen LogP contribution in [-0.4, -0.2) is 111 Å². The van der Waals surface area contributed by atoms with Gasteiger partial charge in [0.05, 0.1) is 38.1 Å². The van der Waals surface area contributed by atoms with E-state index in [4.69, 9.17) is 14.2 Å². The molecule has 268 valence electrons. The third-order valence-electron chi connectivity index (χ3n) is 8.63. The molecule has 1 saturated heterocycles. The van der Waals surface area contributed by atoms with Gasteiger partial charge in [0.25, 0.3) is 0 Å². The molecule has 4 aromatic rings. The second-order valence-electron chi connectivity index (χ2n) is 12.0. The number of amides is 2. The summed E-state index contributed by atoms with van der Waals surface area (Å²) in [5.41, 5.74) is 0.118. The maximum Gasteiger partial charge on any atom is 0.510 e. The summed E-state index contributed by atoms with van der Waals surface area (Å²) in [7, 11) is 0. The Balaban J connectivity index is 1.03. The number of urea groups is 1. The van der Waals surface area contributed by atoms with Crippen molar-refractivity contribution in [2.24, 2.45) is 5.10 Å². The molecule has 0 aliphatic carbocycles. The third kappa shape index (κ3) is 8.38. The molecule has 0 saturated carbocycles. The van der Waals surface area contributed by atoms with Gasteiger partial charge < -0.3 is 29.1 Å². The molecule has 1 N–H and O–H groups in total. The van der Waals surface area contributed by atoms with Crippen LogP contribution in [0.15, 0.2) is 84.2 Å². The van der Waals surface area contributed by atoms with Crippen LogP contribution in [0.25, 0.3) is 5.69 Å². The van der Waals surface area contributed by atoms with Crippen molar-refractivity contribution in [1.82, 2.24) is 35.0 Å². The van der Waals surface area contributed by atoms with E-state index in [-0.39, 0.29) is 38.7 Å². The lowest BCUT2D eigenvalue weighted by atomic mass is 9.85. The van der Waals surface area contributed by atoms with Crippen LogP contribution in [0.2, 0.25) is 0 Å². The van der Waals surface area contributed by atoms with Crippen molar-refractivity contribution < 1.29 is 37.7 Å². The fraction of sp³-hybridized carbons (Fsp3) is 0.353. The summed E-state index contributed by atoms with van der Waals surface area (Å²) in [5, 5.41) is 29.1. The van der Waals surface area contributed by atoms with E-state index in [1.165, 1.54) is 38.2 Å². The van der Waals surface area contributed by atoms with Crippen LogP contribution in [0.5, 0.6) is 0 Å². The number of rotatable bonds is 15. The molecule has 2 amide bonds. The number of carbonyl (C=O) groups excluding carboxylic acids is 2. The van der Waals surface area contributed by atoms with E-state index in [1.807, 2.05) is 30.3 Å². The van der Waals surface area contributed by atoms with E-state index in [0.29, 0.717) is 43.6 Å². The number of hydrogen-bond acceptors (Lipinski definition) is 12. The molecule has 1 aromatic heterocycles. The van der Waals surface area contributed by atoms with Crippen molar-refractivity contribution in [3.63, 3.8) is 0 Å². The van der Waals surface area contributed by atoms with Gasteiger partial charge in [-0.3, -0.25) is 9.91 Å². The highest BCUT2D eigenvalue weighted by Gasteiger charge is 2.47. The Hall–Kier alpha value is -5.68. The number of halogens is 2. The van der Waals surface area contributed by atoms with Gasteiger partial charge in [0, 0.05) is 36.8 Å². The van der Waals surface area contributed by atoms with Gasteiger partial charge >= 0.3 is 12.2 Å². The number of aromatic nitrogens is 4. The molecule has 0 spiro atoms. The highest BCUT2D eigenvalue weighted by Crippen LogP contribution is 2.35. The number of nitrogens with zero attached hydrogens (tertiary/aromatic N) is 9. The number of carbonyl (C=O) groups is 2. The molecular formula is C34H37F2N9O6. The van der Waals surface area contributed by atoms with Crippen LogP contribution >= 0.6 is 0 Å². The Morgan fingerprint density at radius 2 is 1.78 bits per heavy atom. The summed E-state index contributed by atoms with van der Waals surface area (Å²) in [5.74, 6) is -1.78. The smallest absolute Gasteiger partial charge is 0.434 e. The van der Waals surface area contributed by atoms with Gasteiger partial charge in [0.2, 0.25) is 0 Å². The first-order valence-corrected chi connectivity index (χ1v) is 16.2. The number of ether oxygens (including phenoxy) is 3. The van der Waals surface area contributed by atoms with Crippen molar-refractivity contribution in [2.75, 3.05) is 51.1 Å². The van der Waals surface area contributed by atoms with Crippen molar-refractivity contribution in [3.05, 3.63) is 102 Å². The highest BCUT2D eigenvalue weighted by atomic mass is 19.1. The molecule has 3 aromatic carbocycles. The summed E-state index contributed by atoms with van der Waals surface area (Å²) in [4.78, 5) is 30.4. The lowest BCUT2D eigenvalue weighted by Gasteiger charge is -2.41. The van der Waals surface area contributed by atoms with Crippen molar-refractivity contribution in [3.8, 4) is 5.69 Å². The number of β-amino-alcohol motifs (C(OH)–C–C–N with tert-alkyl or cyclic N) is 1. The normalized spacial score (nSPS) is 16.1. The van der Waals surface area contributed by atoms with Crippen molar-refractivity contribution >= 4 is 24.2 Å². The molecule has 0 bridgehead atoms. The first-order chi connectivity index (χ1) is 24.7. The number of benzene rings is 3. The predicted octanol–water partition coefficient (Wildman–Crippen LogP) is 3.69. The molecule has 1 fully saturated rings. The summed E-state index contributed by atoms with van der Waals surface area (Å²) >= 11 is 0. The molecule has 2 atom stereocenters. The Bertz CT molecular complexity index is 1800. The van der Waals surface area contributed by atoms with E-state index >= 15 is 4.39 Å². The minimum Gasteiger partial charge on any atom is -0.434 e. The van der Waals surface area contributed by atoms with E-state index in [0.717, 1.165) is 11.6 Å². The molecule has 51 heavy (non-hydrogen) atoms. The number of tetrazole rings is 1. The lowest BCUT2D eigenvalue weighted by molar-refractivity contribution is -0.0602. The summed E-state index contributed by atoms with van der Waals surface area (Å²) in [6.07, 6.45) is 2.47. The van der Waals surface area contributed by atoms with E-state index < -0.39 is 35.5 Å². The number of anilines is 1. The fourth-order valence-electron chi connectivity index (χ4n) is 5.89.